The first-order chi connectivity index (χ1) is 8.58. The van der Waals surface area contributed by atoms with Gasteiger partial charge in [-0.2, -0.15) is 0 Å². The molecule has 0 radical (unpaired) electrons. The van der Waals surface area contributed by atoms with Gasteiger partial charge in [-0.25, -0.2) is 4.79 Å². The first kappa shape index (κ1) is 12.2. The van der Waals surface area contributed by atoms with Gasteiger partial charge in [0, 0.05) is 23.6 Å². The van der Waals surface area contributed by atoms with Gasteiger partial charge in [-0.3, -0.25) is 5.41 Å². The number of ether oxygens (including phenoxy) is 1. The van der Waals surface area contributed by atoms with Crippen molar-refractivity contribution in [3.63, 3.8) is 0 Å². The highest BCUT2D eigenvalue weighted by atomic mass is 16.5. The molecule has 6 nitrogen and oxygen atoms in total. The van der Waals surface area contributed by atoms with Gasteiger partial charge in [0.1, 0.15) is 11.6 Å². The highest BCUT2D eigenvalue weighted by molar-refractivity contribution is 5.95. The Hall–Kier alpha value is -2.24. The van der Waals surface area contributed by atoms with Crippen molar-refractivity contribution in [1.82, 2.24) is 5.32 Å². The molecule has 1 aliphatic heterocycles. The van der Waals surface area contributed by atoms with Gasteiger partial charge in [0.2, 0.25) is 0 Å². The Morgan fingerprint density at radius 1 is 1.61 bits per heavy atom. The van der Waals surface area contributed by atoms with E-state index in [9.17, 15) is 4.79 Å². The second kappa shape index (κ2) is 4.95. The van der Waals surface area contributed by atoms with Gasteiger partial charge < -0.3 is 20.9 Å². The van der Waals surface area contributed by atoms with E-state index in [1.165, 1.54) is 0 Å². The van der Waals surface area contributed by atoms with Gasteiger partial charge in [0.05, 0.1) is 6.61 Å². The molecular formula is C12H15N3O3. The van der Waals surface area contributed by atoms with Crippen LogP contribution < -0.4 is 15.8 Å². The van der Waals surface area contributed by atoms with Gasteiger partial charge in [-0.1, -0.05) is 0 Å². The zero-order chi connectivity index (χ0) is 13.1. The second-order valence-electron chi connectivity index (χ2n) is 4.19. The molecule has 0 aliphatic carbocycles. The lowest BCUT2D eigenvalue weighted by atomic mass is 9.96. The molecule has 2 rings (SSSR count). The Morgan fingerprint density at radius 2 is 2.39 bits per heavy atom. The van der Waals surface area contributed by atoms with Crippen LogP contribution in [-0.2, 0) is 0 Å². The Labute approximate surface area is 104 Å². The van der Waals surface area contributed by atoms with E-state index in [0.29, 0.717) is 25.1 Å². The molecule has 1 heterocycles. The number of nitrogens with two attached hydrogens (primary N) is 1. The van der Waals surface area contributed by atoms with E-state index in [4.69, 9.17) is 21.0 Å². The summed E-state index contributed by atoms with van der Waals surface area (Å²) in [7, 11) is 0. The Kier molecular flexibility index (Phi) is 3.36. The van der Waals surface area contributed by atoms with E-state index < -0.39 is 6.09 Å². The number of rotatable bonds is 4. The Balaban J connectivity index is 2.08. The van der Waals surface area contributed by atoms with Gasteiger partial charge in [0.25, 0.3) is 0 Å². The van der Waals surface area contributed by atoms with Crippen LogP contribution in [0.15, 0.2) is 18.2 Å². The molecule has 1 aromatic rings. The Bertz CT molecular complexity index is 487. The SMILES string of the molecule is N=C(N)c1ccc2c(c1)C(CCNC(=O)O)CO2. The molecule has 6 heteroatoms. The maximum absolute atomic E-state index is 10.4. The number of hydrogen-bond donors (Lipinski definition) is 4. The summed E-state index contributed by atoms with van der Waals surface area (Å²) in [5, 5.41) is 18.3. The number of benzene rings is 1. The van der Waals surface area contributed by atoms with E-state index in [1.54, 1.807) is 12.1 Å². The van der Waals surface area contributed by atoms with Crippen molar-refractivity contribution in [2.24, 2.45) is 5.73 Å². The number of nitrogens with one attached hydrogen (secondary N) is 2. The number of nitrogen functional groups attached to an aromatic ring is 1. The molecule has 1 amide bonds. The molecule has 0 bridgehead atoms. The van der Waals surface area contributed by atoms with Crippen LogP contribution in [0.25, 0.3) is 0 Å². The van der Waals surface area contributed by atoms with Crippen LogP contribution in [0, 0.1) is 5.41 Å². The van der Waals surface area contributed by atoms with E-state index in [2.05, 4.69) is 5.32 Å². The monoisotopic (exact) mass is 249 g/mol. The van der Waals surface area contributed by atoms with Crippen LogP contribution >= 0.6 is 0 Å². The molecule has 1 aliphatic rings. The number of fused-ring (bicyclic) bond motifs is 1. The summed E-state index contributed by atoms with van der Waals surface area (Å²) < 4.78 is 5.52. The summed E-state index contributed by atoms with van der Waals surface area (Å²) in [6.45, 7) is 0.922. The number of amidine groups is 1. The third-order valence-electron chi connectivity index (χ3n) is 2.97. The molecule has 0 saturated carbocycles. The molecule has 1 aromatic carbocycles. The lowest BCUT2D eigenvalue weighted by Gasteiger charge is -2.09. The molecular weight excluding hydrogens is 234 g/mol. The minimum absolute atomic E-state index is 0.0205. The fourth-order valence-corrected chi connectivity index (χ4v) is 2.04. The molecule has 5 N–H and O–H groups in total. The van der Waals surface area contributed by atoms with Crippen LogP contribution in [0.3, 0.4) is 0 Å². The molecule has 1 unspecified atom stereocenters. The molecule has 18 heavy (non-hydrogen) atoms. The third-order valence-corrected chi connectivity index (χ3v) is 2.97. The summed E-state index contributed by atoms with van der Waals surface area (Å²) in [5.41, 5.74) is 7.10. The smallest absolute Gasteiger partial charge is 0.404 e. The highest BCUT2D eigenvalue weighted by Gasteiger charge is 2.24. The van der Waals surface area contributed by atoms with Crippen molar-refractivity contribution in [2.75, 3.05) is 13.2 Å². The average Bonchev–Trinajstić information content (AvgIpc) is 2.71. The van der Waals surface area contributed by atoms with E-state index in [0.717, 1.165) is 11.3 Å². The van der Waals surface area contributed by atoms with Gasteiger partial charge >= 0.3 is 6.09 Å². The van der Waals surface area contributed by atoms with Crippen molar-refractivity contribution in [1.29, 1.82) is 5.41 Å². The zero-order valence-electron chi connectivity index (χ0n) is 9.77. The highest BCUT2D eigenvalue weighted by Crippen LogP contribution is 2.36. The predicted molar refractivity (Wildman–Crippen MR) is 66.3 cm³/mol. The van der Waals surface area contributed by atoms with Gasteiger partial charge in [-0.05, 0) is 24.6 Å². The van der Waals surface area contributed by atoms with Crippen LogP contribution in [0.1, 0.15) is 23.5 Å². The number of hydrogen-bond acceptors (Lipinski definition) is 3. The van der Waals surface area contributed by atoms with Crippen molar-refractivity contribution in [2.45, 2.75) is 12.3 Å². The summed E-state index contributed by atoms with van der Waals surface area (Å²) in [4.78, 5) is 10.4. The molecule has 0 spiro atoms. The zero-order valence-corrected chi connectivity index (χ0v) is 9.77. The molecule has 96 valence electrons. The fraction of sp³-hybridized carbons (Fsp3) is 0.333. The summed E-state index contributed by atoms with van der Waals surface area (Å²) in [5.74, 6) is 0.957. The summed E-state index contributed by atoms with van der Waals surface area (Å²) in [6, 6.07) is 5.39. The largest absolute Gasteiger partial charge is 0.493 e. The van der Waals surface area contributed by atoms with Crippen LogP contribution in [0.2, 0.25) is 0 Å². The molecule has 0 saturated heterocycles. The standard InChI is InChI=1S/C12H15N3O3/c13-11(14)7-1-2-10-9(5-7)8(6-18-10)3-4-15-12(16)17/h1-2,5,8,15H,3-4,6H2,(H3,13,14)(H,16,17). The normalized spacial score (nSPS) is 16.8. The first-order valence-corrected chi connectivity index (χ1v) is 5.66. The van der Waals surface area contributed by atoms with Crippen molar-refractivity contribution in [3.05, 3.63) is 29.3 Å². The summed E-state index contributed by atoms with van der Waals surface area (Å²) in [6.07, 6.45) is -0.354. The van der Waals surface area contributed by atoms with Crippen molar-refractivity contribution >= 4 is 11.9 Å². The number of amides is 1. The lowest BCUT2D eigenvalue weighted by Crippen LogP contribution is -2.23. The van der Waals surface area contributed by atoms with E-state index in [-0.39, 0.29) is 11.8 Å². The second-order valence-corrected chi connectivity index (χ2v) is 4.19. The van der Waals surface area contributed by atoms with Crippen LogP contribution in [-0.4, -0.2) is 30.2 Å². The predicted octanol–water partition coefficient (Wildman–Crippen LogP) is 1.10. The quantitative estimate of drug-likeness (QED) is 0.473. The maximum atomic E-state index is 10.4. The molecule has 0 aromatic heterocycles. The number of carboxylic acid groups (broad SMARTS) is 1. The van der Waals surface area contributed by atoms with E-state index >= 15 is 0 Å². The molecule has 0 fully saturated rings. The fourth-order valence-electron chi connectivity index (χ4n) is 2.04. The van der Waals surface area contributed by atoms with Gasteiger partial charge in [0.15, 0.2) is 0 Å². The third kappa shape index (κ3) is 2.53. The number of carbonyl (C=O) groups is 1. The summed E-state index contributed by atoms with van der Waals surface area (Å²) >= 11 is 0. The van der Waals surface area contributed by atoms with Gasteiger partial charge in [-0.15, -0.1) is 0 Å². The minimum atomic E-state index is -1.02. The topological polar surface area (TPSA) is 108 Å². The minimum Gasteiger partial charge on any atom is -0.493 e. The lowest BCUT2D eigenvalue weighted by molar-refractivity contribution is 0.193. The Morgan fingerprint density at radius 3 is 3.06 bits per heavy atom. The van der Waals surface area contributed by atoms with Crippen molar-refractivity contribution in [3.8, 4) is 5.75 Å². The van der Waals surface area contributed by atoms with Crippen LogP contribution in [0.5, 0.6) is 5.75 Å². The maximum Gasteiger partial charge on any atom is 0.404 e. The van der Waals surface area contributed by atoms with Crippen LogP contribution in [0.4, 0.5) is 4.79 Å². The van der Waals surface area contributed by atoms with Crippen molar-refractivity contribution < 1.29 is 14.6 Å². The average molecular weight is 249 g/mol. The van der Waals surface area contributed by atoms with E-state index in [1.807, 2.05) is 6.07 Å². The first-order valence-electron chi connectivity index (χ1n) is 5.66. The molecule has 1 atom stereocenters.